The van der Waals surface area contributed by atoms with Crippen molar-refractivity contribution in [2.75, 3.05) is 25.6 Å². The number of methoxy groups -OCH3 is 1. The first-order valence-electron chi connectivity index (χ1n) is 10.2. The Morgan fingerprint density at radius 1 is 1.06 bits per heavy atom. The summed E-state index contributed by atoms with van der Waals surface area (Å²) in [6, 6.07) is 11.8. The number of carbonyl (C=O) groups excluding carboxylic acids is 3. The van der Waals surface area contributed by atoms with Gasteiger partial charge in [-0.1, -0.05) is 24.3 Å². The molecular weight excluding hydrogens is 428 g/mol. The fourth-order valence-electron chi connectivity index (χ4n) is 3.14. The molecule has 0 aliphatic rings. The lowest BCUT2D eigenvalue weighted by Gasteiger charge is -2.12. The Morgan fingerprint density at radius 3 is 2.48 bits per heavy atom. The first kappa shape index (κ1) is 23.5. The van der Waals surface area contributed by atoms with Crippen LogP contribution in [0.25, 0.3) is 10.8 Å². The molecule has 0 radical (unpaired) electrons. The van der Waals surface area contributed by atoms with E-state index in [0.29, 0.717) is 22.2 Å². The smallest absolute Gasteiger partial charge is 0.359 e. The number of hydrogen-bond donors (Lipinski definition) is 2. The van der Waals surface area contributed by atoms with Gasteiger partial charge < -0.3 is 20.1 Å². The molecule has 0 unspecified atom stereocenters. The number of rotatable bonds is 8. The van der Waals surface area contributed by atoms with Crippen LogP contribution in [0.15, 0.2) is 47.3 Å². The van der Waals surface area contributed by atoms with Crippen LogP contribution in [-0.2, 0) is 20.9 Å². The Balaban J connectivity index is 1.59. The molecule has 172 valence electrons. The van der Waals surface area contributed by atoms with Crippen molar-refractivity contribution in [2.24, 2.45) is 0 Å². The van der Waals surface area contributed by atoms with Crippen LogP contribution < -0.4 is 20.9 Å². The monoisotopic (exact) mass is 452 g/mol. The van der Waals surface area contributed by atoms with E-state index >= 15 is 0 Å². The van der Waals surface area contributed by atoms with Gasteiger partial charge in [0.1, 0.15) is 5.75 Å². The molecule has 3 rings (SSSR count). The van der Waals surface area contributed by atoms with Gasteiger partial charge in [-0.3, -0.25) is 14.4 Å². The van der Waals surface area contributed by atoms with E-state index in [-0.39, 0.29) is 24.3 Å². The van der Waals surface area contributed by atoms with E-state index < -0.39 is 24.4 Å². The van der Waals surface area contributed by atoms with E-state index in [1.54, 1.807) is 43.3 Å². The Labute approximate surface area is 189 Å². The van der Waals surface area contributed by atoms with Crippen LogP contribution in [0, 0.1) is 6.92 Å². The van der Waals surface area contributed by atoms with E-state index in [0.717, 1.165) is 10.2 Å². The lowest BCUT2D eigenvalue weighted by molar-refractivity contribution is -0.126. The van der Waals surface area contributed by atoms with Gasteiger partial charge in [0.2, 0.25) is 5.91 Å². The summed E-state index contributed by atoms with van der Waals surface area (Å²) < 4.78 is 11.4. The van der Waals surface area contributed by atoms with Crippen LogP contribution in [0.5, 0.6) is 5.75 Å². The third-order valence-electron chi connectivity index (χ3n) is 4.77. The van der Waals surface area contributed by atoms with E-state index in [1.807, 2.05) is 13.0 Å². The van der Waals surface area contributed by atoms with Crippen LogP contribution >= 0.6 is 0 Å². The van der Waals surface area contributed by atoms with E-state index in [1.165, 1.54) is 7.11 Å². The molecule has 2 amide bonds. The fourth-order valence-corrected chi connectivity index (χ4v) is 3.14. The normalized spacial score (nSPS) is 10.5. The van der Waals surface area contributed by atoms with Crippen molar-refractivity contribution < 1.29 is 23.9 Å². The van der Waals surface area contributed by atoms with Gasteiger partial charge in [0.15, 0.2) is 12.3 Å². The number of fused-ring (bicyclic) bond motifs is 1. The van der Waals surface area contributed by atoms with Gasteiger partial charge in [-0.05, 0) is 37.6 Å². The van der Waals surface area contributed by atoms with Crippen LogP contribution in [0.2, 0.25) is 0 Å². The number of benzene rings is 2. The second-order valence-corrected chi connectivity index (χ2v) is 7.12. The third-order valence-corrected chi connectivity index (χ3v) is 4.77. The molecule has 2 N–H and O–H groups in total. The molecule has 0 saturated heterocycles. The zero-order chi connectivity index (χ0) is 24.0. The topological polar surface area (TPSA) is 129 Å². The van der Waals surface area contributed by atoms with Gasteiger partial charge in [0.05, 0.1) is 24.7 Å². The van der Waals surface area contributed by atoms with Crippen molar-refractivity contribution in [1.82, 2.24) is 15.1 Å². The molecule has 3 aromatic rings. The molecule has 0 aliphatic carbocycles. The van der Waals surface area contributed by atoms with Crippen LogP contribution in [0.1, 0.15) is 23.0 Å². The summed E-state index contributed by atoms with van der Waals surface area (Å²) in [6.07, 6.45) is 0. The standard InChI is InChI=1S/C23H24N4O6/c1-4-27-22(30)16-8-6-5-7-15(16)21(26-27)23(31)33-13-20(29)24-12-19(28)25-17-11-14(2)9-10-18(17)32-3/h5-11H,4,12-13H2,1-3H3,(H,24,29)(H,25,28). The second-order valence-electron chi connectivity index (χ2n) is 7.12. The molecule has 2 aromatic carbocycles. The van der Waals surface area contributed by atoms with Crippen molar-refractivity contribution in [3.8, 4) is 5.75 Å². The van der Waals surface area contributed by atoms with Crippen molar-refractivity contribution >= 4 is 34.2 Å². The third kappa shape index (κ3) is 5.53. The minimum absolute atomic E-state index is 0.0656. The second kappa shape index (κ2) is 10.4. The first-order valence-corrected chi connectivity index (χ1v) is 10.2. The van der Waals surface area contributed by atoms with Crippen molar-refractivity contribution in [3.63, 3.8) is 0 Å². The molecule has 10 nitrogen and oxygen atoms in total. The number of hydrogen-bond acceptors (Lipinski definition) is 7. The van der Waals surface area contributed by atoms with Gasteiger partial charge in [-0.25, -0.2) is 9.48 Å². The summed E-state index contributed by atoms with van der Waals surface area (Å²) in [5.41, 5.74) is 1.02. The summed E-state index contributed by atoms with van der Waals surface area (Å²) in [5.74, 6) is -1.50. The number of carbonyl (C=O) groups is 3. The maximum Gasteiger partial charge on any atom is 0.359 e. The number of ether oxygens (including phenoxy) is 2. The Kier molecular flexibility index (Phi) is 7.39. The molecule has 10 heteroatoms. The maximum absolute atomic E-state index is 12.6. The van der Waals surface area contributed by atoms with Crippen molar-refractivity contribution in [3.05, 3.63) is 64.1 Å². The number of aromatic nitrogens is 2. The molecule has 0 bridgehead atoms. The predicted molar refractivity (Wildman–Crippen MR) is 121 cm³/mol. The molecule has 0 saturated carbocycles. The van der Waals surface area contributed by atoms with Crippen molar-refractivity contribution in [1.29, 1.82) is 0 Å². The average molecular weight is 452 g/mol. The van der Waals surface area contributed by atoms with Crippen LogP contribution in [0.4, 0.5) is 5.69 Å². The molecule has 1 aromatic heterocycles. The van der Waals surface area contributed by atoms with Gasteiger partial charge in [0, 0.05) is 11.9 Å². The Bertz CT molecular complexity index is 1270. The van der Waals surface area contributed by atoms with Gasteiger partial charge >= 0.3 is 5.97 Å². The minimum Gasteiger partial charge on any atom is -0.495 e. The number of amides is 2. The fraction of sp³-hybridized carbons (Fsp3) is 0.261. The lowest BCUT2D eigenvalue weighted by Crippen LogP contribution is -2.36. The number of aryl methyl sites for hydroxylation is 2. The van der Waals surface area contributed by atoms with Gasteiger partial charge in [0.25, 0.3) is 11.5 Å². The number of nitrogens with one attached hydrogen (secondary N) is 2. The van der Waals surface area contributed by atoms with Gasteiger partial charge in [-0.2, -0.15) is 5.10 Å². The first-order chi connectivity index (χ1) is 15.8. The van der Waals surface area contributed by atoms with Crippen LogP contribution in [-0.4, -0.2) is 47.8 Å². The molecule has 33 heavy (non-hydrogen) atoms. The van der Waals surface area contributed by atoms with E-state index in [9.17, 15) is 19.2 Å². The van der Waals surface area contributed by atoms with Crippen LogP contribution in [0.3, 0.4) is 0 Å². The molecular formula is C23H24N4O6. The number of nitrogens with zero attached hydrogens (tertiary/aromatic N) is 2. The van der Waals surface area contributed by atoms with E-state index in [2.05, 4.69) is 15.7 Å². The van der Waals surface area contributed by atoms with Gasteiger partial charge in [-0.15, -0.1) is 0 Å². The van der Waals surface area contributed by atoms with Crippen molar-refractivity contribution in [2.45, 2.75) is 20.4 Å². The summed E-state index contributed by atoms with van der Waals surface area (Å²) in [5, 5.41) is 9.77. The maximum atomic E-state index is 12.6. The lowest BCUT2D eigenvalue weighted by atomic mass is 10.1. The quantitative estimate of drug-likeness (QED) is 0.497. The summed E-state index contributed by atoms with van der Waals surface area (Å²) in [7, 11) is 1.49. The molecule has 0 aliphatic heterocycles. The molecule has 0 fully saturated rings. The number of esters is 1. The average Bonchev–Trinajstić information content (AvgIpc) is 2.82. The largest absolute Gasteiger partial charge is 0.495 e. The minimum atomic E-state index is -0.850. The summed E-state index contributed by atoms with van der Waals surface area (Å²) in [6.45, 7) is 2.93. The zero-order valence-corrected chi connectivity index (χ0v) is 18.5. The summed E-state index contributed by atoms with van der Waals surface area (Å²) >= 11 is 0. The highest BCUT2D eigenvalue weighted by Crippen LogP contribution is 2.24. The molecule has 1 heterocycles. The highest BCUT2D eigenvalue weighted by atomic mass is 16.5. The number of anilines is 1. The zero-order valence-electron chi connectivity index (χ0n) is 18.5. The Morgan fingerprint density at radius 2 is 1.79 bits per heavy atom. The molecule has 0 spiro atoms. The summed E-state index contributed by atoms with van der Waals surface area (Å²) in [4.78, 5) is 49.2. The SMILES string of the molecule is CCn1nc(C(=O)OCC(=O)NCC(=O)Nc2cc(C)ccc2OC)c2ccccc2c1=O. The highest BCUT2D eigenvalue weighted by molar-refractivity contribution is 6.02. The molecule has 0 atom stereocenters. The van der Waals surface area contributed by atoms with E-state index in [4.69, 9.17) is 9.47 Å². The Hall–Kier alpha value is -4.21. The predicted octanol–water partition coefficient (Wildman–Crippen LogP) is 1.65. The highest BCUT2D eigenvalue weighted by Gasteiger charge is 2.19.